The molecule has 0 aliphatic heterocycles. The maximum Gasteiger partial charge on any atom is 0.0970 e. The number of nitrogens with zero attached hydrogens (tertiary/aromatic N) is 3. The molecule has 0 N–H and O–H groups in total. The third kappa shape index (κ3) is 3.09. The summed E-state index contributed by atoms with van der Waals surface area (Å²) < 4.78 is 0. The van der Waals surface area contributed by atoms with Crippen molar-refractivity contribution in [2.45, 2.75) is 6.92 Å². The first-order valence-electron chi connectivity index (χ1n) is 11.8. The average molecular weight is 448 g/mol. The van der Waals surface area contributed by atoms with Gasteiger partial charge in [0.25, 0.3) is 0 Å². The lowest BCUT2D eigenvalue weighted by Crippen LogP contribution is -1.90. The largest absolute Gasteiger partial charge is 0.256 e. The Morgan fingerprint density at radius 3 is 1.74 bits per heavy atom. The number of aromatic nitrogens is 3. The van der Waals surface area contributed by atoms with Crippen LogP contribution < -0.4 is 0 Å². The number of rotatable bonds is 2. The summed E-state index contributed by atoms with van der Waals surface area (Å²) in [5.74, 6) is 0. The van der Waals surface area contributed by atoms with Crippen molar-refractivity contribution in [3.8, 4) is 22.3 Å². The quantitative estimate of drug-likeness (QED) is 0.251. The van der Waals surface area contributed by atoms with E-state index in [1.54, 1.807) is 0 Å². The number of hydrogen-bond acceptors (Lipinski definition) is 3. The van der Waals surface area contributed by atoms with Gasteiger partial charge in [-0.1, -0.05) is 60.7 Å². The number of fused-ring (bicyclic) bond motifs is 6. The van der Waals surface area contributed by atoms with Gasteiger partial charge in [-0.15, -0.1) is 0 Å². The number of hydrogen-bond donors (Lipinski definition) is 0. The Kier molecular flexibility index (Phi) is 4.36. The zero-order chi connectivity index (χ0) is 23.4. The van der Waals surface area contributed by atoms with E-state index in [0.29, 0.717) is 0 Å². The zero-order valence-electron chi connectivity index (χ0n) is 19.2. The van der Waals surface area contributed by atoms with Crippen LogP contribution in [0.15, 0.2) is 110 Å². The van der Waals surface area contributed by atoms with E-state index < -0.39 is 0 Å². The Labute approximate surface area is 202 Å². The molecule has 0 aliphatic carbocycles. The molecule has 0 fully saturated rings. The molecule has 7 rings (SSSR count). The van der Waals surface area contributed by atoms with Crippen LogP contribution >= 0.6 is 0 Å². The first-order chi connectivity index (χ1) is 17.3. The van der Waals surface area contributed by atoms with Gasteiger partial charge in [0.2, 0.25) is 0 Å². The highest BCUT2D eigenvalue weighted by Gasteiger charge is 2.13. The van der Waals surface area contributed by atoms with Crippen molar-refractivity contribution >= 4 is 43.5 Å². The molecule has 0 unspecified atom stereocenters. The van der Waals surface area contributed by atoms with Gasteiger partial charge in [0.15, 0.2) is 0 Å². The van der Waals surface area contributed by atoms with Crippen LogP contribution in [0.5, 0.6) is 0 Å². The molecule has 0 radical (unpaired) electrons. The third-order valence-electron chi connectivity index (χ3n) is 6.91. The Morgan fingerprint density at radius 2 is 1.03 bits per heavy atom. The summed E-state index contributed by atoms with van der Waals surface area (Å²) >= 11 is 0. The molecule has 164 valence electrons. The fourth-order valence-corrected chi connectivity index (χ4v) is 5.27. The van der Waals surface area contributed by atoms with E-state index in [0.717, 1.165) is 32.9 Å². The van der Waals surface area contributed by atoms with E-state index in [4.69, 9.17) is 4.98 Å². The maximum atomic E-state index is 4.77. The number of benzene rings is 4. The number of aryl methyl sites for hydroxylation is 1. The smallest absolute Gasteiger partial charge is 0.0970 e. The van der Waals surface area contributed by atoms with Crippen molar-refractivity contribution in [1.82, 2.24) is 15.0 Å². The van der Waals surface area contributed by atoms with Crippen LogP contribution in [0.4, 0.5) is 0 Å². The molecule has 0 amide bonds. The fraction of sp³-hybridized carbons (Fsp3) is 0.0312. The van der Waals surface area contributed by atoms with Gasteiger partial charge in [-0.2, -0.15) is 0 Å². The minimum atomic E-state index is 0.937. The highest BCUT2D eigenvalue weighted by Crippen LogP contribution is 2.37. The van der Waals surface area contributed by atoms with E-state index in [-0.39, 0.29) is 0 Å². The van der Waals surface area contributed by atoms with Crippen LogP contribution in [0.1, 0.15) is 5.56 Å². The van der Waals surface area contributed by atoms with Crippen LogP contribution in [0.3, 0.4) is 0 Å². The van der Waals surface area contributed by atoms with Gasteiger partial charge in [0.05, 0.1) is 16.6 Å². The molecule has 3 aromatic heterocycles. The molecular weight excluding hydrogens is 426 g/mol. The Bertz CT molecular complexity index is 1900. The normalized spacial score (nSPS) is 11.6. The van der Waals surface area contributed by atoms with Crippen molar-refractivity contribution in [2.24, 2.45) is 0 Å². The minimum Gasteiger partial charge on any atom is -0.256 e. The molecule has 7 aromatic rings. The van der Waals surface area contributed by atoms with E-state index >= 15 is 0 Å². The van der Waals surface area contributed by atoms with Crippen molar-refractivity contribution in [3.05, 3.63) is 115 Å². The van der Waals surface area contributed by atoms with E-state index in [2.05, 4.69) is 89.7 Å². The van der Waals surface area contributed by atoms with Crippen LogP contribution in [0.2, 0.25) is 0 Å². The monoisotopic (exact) mass is 447 g/mol. The standard InChI is InChI=1S/C32H21N3/c1-20-6-2-7-23-18-27(25-9-4-16-34-31(25)29(20)23)21-11-13-22(14-12-21)28-19-24-8-3-15-33-30(24)32-26(28)10-5-17-35-32/h2-19H,1H3. The van der Waals surface area contributed by atoms with Gasteiger partial charge in [-0.3, -0.25) is 15.0 Å². The van der Waals surface area contributed by atoms with Gasteiger partial charge < -0.3 is 0 Å². The molecule has 0 spiro atoms. The predicted molar refractivity (Wildman–Crippen MR) is 145 cm³/mol. The lowest BCUT2D eigenvalue weighted by atomic mass is 9.92. The first kappa shape index (κ1) is 19.8. The second-order valence-electron chi connectivity index (χ2n) is 8.97. The minimum absolute atomic E-state index is 0.937. The SMILES string of the molecule is Cc1cccc2cc(-c3ccc(-c4cc5cccnc5c5ncccc45)cc3)c3cccnc3c12. The topological polar surface area (TPSA) is 38.7 Å². The van der Waals surface area contributed by atoms with E-state index in [1.807, 2.05) is 36.8 Å². The molecule has 3 nitrogen and oxygen atoms in total. The Morgan fingerprint density at radius 1 is 0.486 bits per heavy atom. The molecule has 0 bridgehead atoms. The lowest BCUT2D eigenvalue weighted by molar-refractivity contribution is 1.37. The summed E-state index contributed by atoms with van der Waals surface area (Å²) in [4.78, 5) is 14.0. The molecule has 3 heterocycles. The zero-order valence-corrected chi connectivity index (χ0v) is 19.2. The molecule has 0 saturated carbocycles. The second-order valence-corrected chi connectivity index (χ2v) is 8.97. The second kappa shape index (κ2) is 7.71. The lowest BCUT2D eigenvalue weighted by Gasteiger charge is -2.13. The predicted octanol–water partition coefficient (Wildman–Crippen LogP) is 8.13. The Hall–Kier alpha value is -4.63. The summed E-state index contributed by atoms with van der Waals surface area (Å²) in [6.45, 7) is 2.16. The fourth-order valence-electron chi connectivity index (χ4n) is 5.27. The van der Waals surface area contributed by atoms with Gasteiger partial charge >= 0.3 is 0 Å². The van der Waals surface area contributed by atoms with Crippen molar-refractivity contribution < 1.29 is 0 Å². The highest BCUT2D eigenvalue weighted by molar-refractivity contribution is 6.13. The molecule has 4 aromatic carbocycles. The van der Waals surface area contributed by atoms with Gasteiger partial charge in [0.1, 0.15) is 0 Å². The summed E-state index contributed by atoms with van der Waals surface area (Å²) in [5, 5.41) is 5.83. The third-order valence-corrected chi connectivity index (χ3v) is 6.91. The van der Waals surface area contributed by atoms with Crippen molar-refractivity contribution in [1.29, 1.82) is 0 Å². The molecule has 0 atom stereocenters. The van der Waals surface area contributed by atoms with E-state index in [1.165, 1.54) is 38.4 Å². The van der Waals surface area contributed by atoms with Crippen LogP contribution in [0, 0.1) is 6.92 Å². The van der Waals surface area contributed by atoms with Crippen LogP contribution in [-0.4, -0.2) is 15.0 Å². The van der Waals surface area contributed by atoms with E-state index in [9.17, 15) is 0 Å². The van der Waals surface area contributed by atoms with Crippen LogP contribution in [0.25, 0.3) is 65.7 Å². The summed E-state index contributed by atoms with van der Waals surface area (Å²) in [6.07, 6.45) is 5.55. The number of pyridine rings is 3. The van der Waals surface area contributed by atoms with Gasteiger partial charge in [-0.05, 0) is 70.5 Å². The highest BCUT2D eigenvalue weighted by atomic mass is 14.7. The molecule has 0 saturated heterocycles. The van der Waals surface area contributed by atoms with Crippen LogP contribution in [-0.2, 0) is 0 Å². The molecule has 0 aliphatic rings. The summed E-state index contributed by atoms with van der Waals surface area (Å²) in [6, 6.07) is 32.2. The van der Waals surface area contributed by atoms with Crippen molar-refractivity contribution in [3.63, 3.8) is 0 Å². The van der Waals surface area contributed by atoms with Crippen molar-refractivity contribution in [2.75, 3.05) is 0 Å². The van der Waals surface area contributed by atoms with Gasteiger partial charge in [-0.25, -0.2) is 0 Å². The Balaban J connectivity index is 1.43. The van der Waals surface area contributed by atoms with Gasteiger partial charge in [0, 0.05) is 40.1 Å². The molecular formula is C32H21N3. The summed E-state index contributed by atoms with van der Waals surface area (Å²) in [7, 11) is 0. The molecule has 35 heavy (non-hydrogen) atoms. The maximum absolute atomic E-state index is 4.77. The average Bonchev–Trinajstić information content (AvgIpc) is 2.92. The first-order valence-corrected chi connectivity index (χ1v) is 11.8. The molecule has 3 heteroatoms. The summed E-state index contributed by atoms with van der Waals surface area (Å²) in [5.41, 5.74) is 8.89.